The molecule has 0 amide bonds. The molecule has 76 valence electrons. The van der Waals surface area contributed by atoms with Gasteiger partial charge in [-0.25, -0.2) is 0 Å². The van der Waals surface area contributed by atoms with E-state index in [2.05, 4.69) is 0 Å². The molecule has 3 nitrogen and oxygen atoms in total. The highest BCUT2D eigenvalue weighted by Crippen LogP contribution is 2.36. The number of carbonyl (C=O) groups is 1. The summed E-state index contributed by atoms with van der Waals surface area (Å²) in [4.78, 5) is 10.3. The van der Waals surface area contributed by atoms with E-state index in [1.807, 2.05) is 6.92 Å². The van der Waals surface area contributed by atoms with Gasteiger partial charge in [-0.05, 0) is 18.4 Å². The molecule has 0 aliphatic rings. The quantitative estimate of drug-likeness (QED) is 0.572. The summed E-state index contributed by atoms with van der Waals surface area (Å²) in [5.41, 5.74) is 1.24. The summed E-state index contributed by atoms with van der Waals surface area (Å²) in [6.07, 6.45) is 1.15. The molecule has 14 heavy (non-hydrogen) atoms. The van der Waals surface area contributed by atoms with Gasteiger partial charge in [0.15, 0.2) is 11.5 Å². The molecule has 3 heteroatoms. The van der Waals surface area contributed by atoms with E-state index in [-0.39, 0.29) is 17.4 Å². The van der Waals surface area contributed by atoms with Crippen LogP contribution in [0.3, 0.4) is 0 Å². The van der Waals surface area contributed by atoms with E-state index in [9.17, 15) is 15.0 Å². The van der Waals surface area contributed by atoms with Crippen molar-refractivity contribution in [1.82, 2.24) is 0 Å². The van der Waals surface area contributed by atoms with Gasteiger partial charge in [-0.2, -0.15) is 0 Å². The molecule has 0 heterocycles. The maximum atomic E-state index is 10.3. The maximum absolute atomic E-state index is 10.3. The number of benzene rings is 1. The van der Waals surface area contributed by atoms with Crippen molar-refractivity contribution in [2.45, 2.75) is 26.2 Å². The van der Waals surface area contributed by atoms with Crippen LogP contribution in [0.1, 0.15) is 30.4 Å². The largest absolute Gasteiger partial charge is 0.504 e. The monoisotopic (exact) mass is 194 g/mol. The number of aromatic hydroxyl groups is 2. The number of hydrogen-bond donors (Lipinski definition) is 2. The van der Waals surface area contributed by atoms with Crippen LogP contribution in [0.2, 0.25) is 0 Å². The van der Waals surface area contributed by atoms with E-state index in [0.717, 1.165) is 6.29 Å². The third-order valence-corrected chi connectivity index (χ3v) is 2.36. The van der Waals surface area contributed by atoms with Crippen molar-refractivity contribution in [2.75, 3.05) is 0 Å². The van der Waals surface area contributed by atoms with E-state index in [1.165, 1.54) is 0 Å². The van der Waals surface area contributed by atoms with Gasteiger partial charge in [0.1, 0.15) is 6.29 Å². The summed E-state index contributed by atoms with van der Waals surface area (Å²) in [6.45, 7) is 3.54. The van der Waals surface area contributed by atoms with Crippen LogP contribution in [0, 0.1) is 6.92 Å². The number of hydrogen-bond acceptors (Lipinski definition) is 3. The topological polar surface area (TPSA) is 57.5 Å². The number of aldehydes is 1. The molecular formula is C11H14O3. The van der Waals surface area contributed by atoms with Crippen molar-refractivity contribution in [3.8, 4) is 11.5 Å². The van der Waals surface area contributed by atoms with E-state index in [0.29, 0.717) is 17.5 Å². The molecule has 1 aromatic rings. The third-order valence-electron chi connectivity index (χ3n) is 2.36. The molecule has 1 aromatic carbocycles. The Morgan fingerprint density at radius 2 is 2.00 bits per heavy atom. The Balaban J connectivity index is 3.10. The lowest BCUT2D eigenvalue weighted by atomic mass is 9.96. The Kier molecular flexibility index (Phi) is 3.12. The van der Waals surface area contributed by atoms with Gasteiger partial charge >= 0.3 is 0 Å². The summed E-state index contributed by atoms with van der Waals surface area (Å²) in [6, 6.07) is 3.46. The van der Waals surface area contributed by atoms with Crippen LogP contribution in [0.5, 0.6) is 11.5 Å². The minimum Gasteiger partial charge on any atom is -0.504 e. The molecule has 0 radical (unpaired) electrons. The number of phenols is 2. The predicted octanol–water partition coefficient (Wildman–Crippen LogP) is 2.10. The average molecular weight is 194 g/mol. The van der Waals surface area contributed by atoms with Crippen LogP contribution in [0.4, 0.5) is 0 Å². The Morgan fingerprint density at radius 3 is 2.57 bits per heavy atom. The molecule has 0 saturated heterocycles. The first-order valence-electron chi connectivity index (χ1n) is 4.53. The van der Waals surface area contributed by atoms with E-state index in [1.54, 1.807) is 19.1 Å². The molecule has 1 rings (SSSR count). The molecule has 1 unspecified atom stereocenters. The Hall–Kier alpha value is -1.51. The Morgan fingerprint density at radius 1 is 1.36 bits per heavy atom. The second-order valence-corrected chi connectivity index (χ2v) is 3.47. The zero-order valence-corrected chi connectivity index (χ0v) is 8.32. The summed E-state index contributed by atoms with van der Waals surface area (Å²) < 4.78 is 0. The third kappa shape index (κ3) is 1.87. The molecule has 0 saturated carbocycles. The van der Waals surface area contributed by atoms with Gasteiger partial charge in [-0.3, -0.25) is 0 Å². The highest BCUT2D eigenvalue weighted by atomic mass is 16.3. The Bertz CT molecular complexity index is 345. The second-order valence-electron chi connectivity index (χ2n) is 3.47. The minimum atomic E-state index is -0.112. The number of aryl methyl sites for hydroxylation is 1. The first kappa shape index (κ1) is 10.6. The van der Waals surface area contributed by atoms with Crippen molar-refractivity contribution < 1.29 is 15.0 Å². The summed E-state index contributed by atoms with van der Waals surface area (Å²) in [7, 11) is 0. The summed E-state index contributed by atoms with van der Waals surface area (Å²) in [5, 5.41) is 19.1. The van der Waals surface area contributed by atoms with Gasteiger partial charge in [0.2, 0.25) is 0 Å². The van der Waals surface area contributed by atoms with Crippen LogP contribution in [-0.2, 0) is 4.79 Å². The fourth-order valence-corrected chi connectivity index (χ4v) is 1.37. The van der Waals surface area contributed by atoms with Crippen molar-refractivity contribution in [1.29, 1.82) is 0 Å². The second kappa shape index (κ2) is 4.13. The first-order chi connectivity index (χ1) is 6.57. The molecule has 0 fully saturated rings. The van der Waals surface area contributed by atoms with Gasteiger partial charge in [0, 0.05) is 12.0 Å². The fourth-order valence-electron chi connectivity index (χ4n) is 1.37. The molecule has 0 aromatic heterocycles. The number of phenolic OH excluding ortho intramolecular Hbond substituents is 2. The number of carbonyl (C=O) groups excluding carboxylic acids is 1. The fraction of sp³-hybridized carbons (Fsp3) is 0.364. The van der Waals surface area contributed by atoms with Gasteiger partial charge in [0.25, 0.3) is 0 Å². The smallest absolute Gasteiger partial charge is 0.161 e. The number of rotatable bonds is 3. The van der Waals surface area contributed by atoms with Gasteiger partial charge in [0.05, 0.1) is 0 Å². The molecule has 0 aliphatic heterocycles. The van der Waals surface area contributed by atoms with E-state index < -0.39 is 0 Å². The van der Waals surface area contributed by atoms with Crippen LogP contribution < -0.4 is 0 Å². The van der Waals surface area contributed by atoms with Crippen LogP contribution >= 0.6 is 0 Å². The van der Waals surface area contributed by atoms with Gasteiger partial charge < -0.3 is 15.0 Å². The van der Waals surface area contributed by atoms with Crippen molar-refractivity contribution in [3.05, 3.63) is 23.3 Å². The van der Waals surface area contributed by atoms with Crippen molar-refractivity contribution in [3.63, 3.8) is 0 Å². The SMILES string of the molecule is Cc1ccc(C(C)CC=O)c(O)c1O. The van der Waals surface area contributed by atoms with Crippen LogP contribution in [0.25, 0.3) is 0 Å². The maximum Gasteiger partial charge on any atom is 0.161 e. The van der Waals surface area contributed by atoms with Crippen molar-refractivity contribution >= 4 is 6.29 Å². The van der Waals surface area contributed by atoms with Crippen LogP contribution in [-0.4, -0.2) is 16.5 Å². The van der Waals surface area contributed by atoms with Gasteiger partial charge in [-0.15, -0.1) is 0 Å². The highest BCUT2D eigenvalue weighted by Gasteiger charge is 2.14. The minimum absolute atomic E-state index is 0.0704. The van der Waals surface area contributed by atoms with Crippen molar-refractivity contribution in [2.24, 2.45) is 0 Å². The summed E-state index contributed by atoms with van der Waals surface area (Å²) >= 11 is 0. The standard InChI is InChI=1S/C11H14O3/c1-7(5-6-12)9-4-3-8(2)10(13)11(9)14/h3-4,6-7,13-14H,5H2,1-2H3. The lowest BCUT2D eigenvalue weighted by Crippen LogP contribution is -1.95. The zero-order chi connectivity index (χ0) is 10.7. The molecule has 2 N–H and O–H groups in total. The van der Waals surface area contributed by atoms with E-state index in [4.69, 9.17) is 0 Å². The first-order valence-corrected chi connectivity index (χ1v) is 4.53. The average Bonchev–Trinajstić information content (AvgIpc) is 2.15. The molecule has 1 atom stereocenters. The van der Waals surface area contributed by atoms with E-state index >= 15 is 0 Å². The normalized spacial score (nSPS) is 12.4. The molecule has 0 aliphatic carbocycles. The highest BCUT2D eigenvalue weighted by molar-refractivity contribution is 5.55. The lowest BCUT2D eigenvalue weighted by Gasteiger charge is -2.12. The van der Waals surface area contributed by atoms with Crippen LogP contribution in [0.15, 0.2) is 12.1 Å². The lowest BCUT2D eigenvalue weighted by molar-refractivity contribution is -0.108. The molecule has 0 spiro atoms. The zero-order valence-electron chi connectivity index (χ0n) is 8.32. The Labute approximate surface area is 83.0 Å². The molecule has 0 bridgehead atoms. The van der Waals surface area contributed by atoms with Gasteiger partial charge in [-0.1, -0.05) is 19.1 Å². The molecular weight excluding hydrogens is 180 g/mol. The summed E-state index contributed by atoms with van der Waals surface area (Å²) in [5.74, 6) is -0.279. The predicted molar refractivity (Wildman–Crippen MR) is 53.6 cm³/mol.